The quantitative estimate of drug-likeness (QED) is 0.453. The Balaban J connectivity index is 5.57. The molecule has 0 saturated carbocycles. The van der Waals surface area contributed by atoms with Crippen LogP contribution in [0.15, 0.2) is 0 Å². The Bertz CT molecular complexity index is 425. The molecule has 0 heterocycles. The molecule has 0 aromatic heterocycles. The molecule has 0 bridgehead atoms. The molecule has 134 valence electrons. The molecular formula is C17H32N2O4. The van der Waals surface area contributed by atoms with Gasteiger partial charge in [0, 0.05) is 6.61 Å². The number of carbonyl (C=O) groups is 1. The molecular weight excluding hydrogens is 296 g/mol. The first-order valence-electron chi connectivity index (χ1n) is 8.10. The Morgan fingerprint density at radius 1 is 1.13 bits per heavy atom. The summed E-state index contributed by atoms with van der Waals surface area (Å²) in [6, 6.07) is 2.10. The van der Waals surface area contributed by atoms with Crippen molar-refractivity contribution in [1.29, 1.82) is 5.26 Å². The number of esters is 1. The van der Waals surface area contributed by atoms with Gasteiger partial charge in [0.1, 0.15) is 5.54 Å². The van der Waals surface area contributed by atoms with Crippen molar-refractivity contribution in [2.75, 3.05) is 19.8 Å². The van der Waals surface area contributed by atoms with Crippen molar-refractivity contribution < 1.29 is 19.1 Å². The summed E-state index contributed by atoms with van der Waals surface area (Å²) in [6.07, 6.45) is 0.745. The van der Waals surface area contributed by atoms with Crippen LogP contribution < -0.4 is 0 Å². The van der Waals surface area contributed by atoms with Gasteiger partial charge in [-0.05, 0) is 54.9 Å². The van der Waals surface area contributed by atoms with Gasteiger partial charge in [-0.25, -0.2) is 4.79 Å². The Kier molecular flexibility index (Phi) is 8.19. The number of carbonyl (C=O) groups excluding carboxylic acids is 1. The van der Waals surface area contributed by atoms with Crippen LogP contribution in [-0.2, 0) is 19.1 Å². The van der Waals surface area contributed by atoms with Crippen LogP contribution in [0.2, 0.25) is 0 Å². The molecule has 0 aromatic rings. The average molecular weight is 328 g/mol. The first-order valence-corrected chi connectivity index (χ1v) is 8.10. The van der Waals surface area contributed by atoms with Crippen molar-refractivity contribution in [2.45, 2.75) is 78.5 Å². The molecule has 0 rings (SSSR count). The van der Waals surface area contributed by atoms with Crippen LogP contribution >= 0.6 is 0 Å². The number of rotatable bonds is 10. The normalized spacial score (nSPS) is 13.0. The van der Waals surface area contributed by atoms with Crippen LogP contribution in [-0.4, -0.2) is 47.5 Å². The van der Waals surface area contributed by atoms with Crippen LogP contribution in [0, 0.1) is 11.3 Å². The molecule has 0 fully saturated rings. The summed E-state index contributed by atoms with van der Waals surface area (Å²) in [5, 5.41) is 10.8. The zero-order chi connectivity index (χ0) is 18.3. The molecule has 0 radical (unpaired) electrons. The Labute approximate surface area is 140 Å². The van der Waals surface area contributed by atoms with Gasteiger partial charge in [0.15, 0.2) is 5.60 Å². The number of nitriles is 1. The van der Waals surface area contributed by atoms with Crippen LogP contribution in [0.5, 0.6) is 0 Å². The molecule has 0 aliphatic carbocycles. The van der Waals surface area contributed by atoms with E-state index in [1.807, 2.05) is 27.7 Å². The third kappa shape index (κ3) is 6.46. The summed E-state index contributed by atoms with van der Waals surface area (Å²) >= 11 is 0. The van der Waals surface area contributed by atoms with Gasteiger partial charge in [0.2, 0.25) is 0 Å². The average Bonchev–Trinajstić information content (AvgIpc) is 2.47. The van der Waals surface area contributed by atoms with E-state index in [-0.39, 0.29) is 0 Å². The van der Waals surface area contributed by atoms with Gasteiger partial charge in [0.25, 0.3) is 0 Å². The van der Waals surface area contributed by atoms with Gasteiger partial charge < -0.3 is 9.47 Å². The van der Waals surface area contributed by atoms with E-state index in [0.29, 0.717) is 19.8 Å². The third-order valence-corrected chi connectivity index (χ3v) is 3.24. The smallest absolute Gasteiger partial charge is 0.328 e. The minimum atomic E-state index is -1.08. The predicted molar refractivity (Wildman–Crippen MR) is 88.5 cm³/mol. The minimum Gasteiger partial charge on any atom is -0.464 e. The third-order valence-electron chi connectivity index (χ3n) is 3.24. The summed E-state index contributed by atoms with van der Waals surface area (Å²) in [7, 11) is 0. The second kappa shape index (κ2) is 8.62. The molecule has 0 saturated heterocycles. The first kappa shape index (κ1) is 21.8. The molecule has 0 aromatic carbocycles. The highest BCUT2D eigenvalue weighted by Crippen LogP contribution is 2.31. The molecule has 6 heteroatoms. The van der Waals surface area contributed by atoms with E-state index in [9.17, 15) is 10.1 Å². The fraction of sp³-hybridized carbons (Fsp3) is 0.882. The summed E-state index contributed by atoms with van der Waals surface area (Å²) in [6.45, 7) is 15.7. The highest BCUT2D eigenvalue weighted by Gasteiger charge is 2.47. The number of hydrogen-bond acceptors (Lipinski definition) is 6. The number of hydrogen-bond donors (Lipinski definition) is 0. The standard InChI is InChI=1S/C17H32N2O4/c1-9-11-22-14(20)17(7,8)19(23-16(5,6)12-18)15(3,4)13-21-10-2/h9-11,13H2,1-8H3. The van der Waals surface area contributed by atoms with E-state index in [2.05, 4.69) is 6.07 Å². The fourth-order valence-electron chi connectivity index (χ4n) is 2.11. The molecule has 6 nitrogen and oxygen atoms in total. The summed E-state index contributed by atoms with van der Waals surface area (Å²) in [4.78, 5) is 18.4. The van der Waals surface area contributed by atoms with Gasteiger partial charge in [-0.15, -0.1) is 0 Å². The maximum atomic E-state index is 12.5. The Morgan fingerprint density at radius 2 is 1.70 bits per heavy atom. The monoisotopic (exact) mass is 328 g/mol. The maximum absolute atomic E-state index is 12.5. The molecule has 23 heavy (non-hydrogen) atoms. The van der Waals surface area contributed by atoms with E-state index in [0.717, 1.165) is 6.42 Å². The maximum Gasteiger partial charge on any atom is 0.328 e. The summed E-state index contributed by atoms with van der Waals surface area (Å²) < 4.78 is 10.8. The highest BCUT2D eigenvalue weighted by molar-refractivity contribution is 5.79. The molecule has 0 amide bonds. The second-order valence-electron chi connectivity index (χ2n) is 7.15. The number of nitrogens with zero attached hydrogens (tertiary/aromatic N) is 2. The lowest BCUT2D eigenvalue weighted by Crippen LogP contribution is -2.63. The minimum absolute atomic E-state index is 0.351. The molecule has 0 spiro atoms. The molecule has 0 aliphatic rings. The Morgan fingerprint density at radius 3 is 2.13 bits per heavy atom. The van der Waals surface area contributed by atoms with Crippen LogP contribution in [0.1, 0.15) is 61.8 Å². The van der Waals surface area contributed by atoms with Crippen LogP contribution in [0.25, 0.3) is 0 Å². The second-order valence-corrected chi connectivity index (χ2v) is 7.15. The van der Waals surface area contributed by atoms with E-state index in [4.69, 9.17) is 14.3 Å². The zero-order valence-electron chi connectivity index (χ0n) is 15.9. The van der Waals surface area contributed by atoms with Crippen molar-refractivity contribution in [3.05, 3.63) is 0 Å². The summed E-state index contributed by atoms with van der Waals surface area (Å²) in [5.74, 6) is -0.391. The molecule has 0 unspecified atom stereocenters. The van der Waals surface area contributed by atoms with Crippen molar-refractivity contribution in [1.82, 2.24) is 5.06 Å². The van der Waals surface area contributed by atoms with Gasteiger partial charge >= 0.3 is 5.97 Å². The topological polar surface area (TPSA) is 71.8 Å². The Hall–Kier alpha value is -1.16. The van der Waals surface area contributed by atoms with Crippen molar-refractivity contribution >= 4 is 5.97 Å². The SMILES string of the molecule is CCCOC(=O)C(C)(C)N(OC(C)(C)C#N)C(C)(C)COCC. The van der Waals surface area contributed by atoms with E-state index in [1.54, 1.807) is 27.7 Å². The summed E-state index contributed by atoms with van der Waals surface area (Å²) in [5.41, 5.74) is -2.77. The van der Waals surface area contributed by atoms with E-state index >= 15 is 0 Å². The molecule has 0 atom stereocenters. The zero-order valence-corrected chi connectivity index (χ0v) is 15.9. The van der Waals surface area contributed by atoms with E-state index in [1.165, 1.54) is 5.06 Å². The number of hydroxylamine groups is 2. The van der Waals surface area contributed by atoms with Crippen molar-refractivity contribution in [3.8, 4) is 6.07 Å². The van der Waals surface area contributed by atoms with Gasteiger partial charge in [-0.1, -0.05) is 6.92 Å². The highest BCUT2D eigenvalue weighted by atomic mass is 16.7. The van der Waals surface area contributed by atoms with Gasteiger partial charge in [-0.2, -0.15) is 10.3 Å². The molecule has 0 N–H and O–H groups in total. The first-order chi connectivity index (χ1) is 10.4. The fourth-order valence-corrected chi connectivity index (χ4v) is 2.11. The van der Waals surface area contributed by atoms with E-state index < -0.39 is 22.6 Å². The van der Waals surface area contributed by atoms with Crippen LogP contribution in [0.3, 0.4) is 0 Å². The van der Waals surface area contributed by atoms with Crippen molar-refractivity contribution in [2.24, 2.45) is 0 Å². The predicted octanol–water partition coefficient (Wildman–Crippen LogP) is 3.07. The van der Waals surface area contributed by atoms with Gasteiger partial charge in [-0.3, -0.25) is 4.84 Å². The van der Waals surface area contributed by atoms with Crippen LogP contribution in [0.4, 0.5) is 0 Å². The molecule has 0 aliphatic heterocycles. The largest absolute Gasteiger partial charge is 0.464 e. The number of ether oxygens (including phenoxy) is 2. The lowest BCUT2D eigenvalue weighted by molar-refractivity contribution is -0.307. The lowest BCUT2D eigenvalue weighted by atomic mass is 9.96. The lowest BCUT2D eigenvalue weighted by Gasteiger charge is -2.47. The van der Waals surface area contributed by atoms with Crippen molar-refractivity contribution in [3.63, 3.8) is 0 Å². The van der Waals surface area contributed by atoms with Gasteiger partial charge in [0.05, 0.1) is 24.8 Å².